The van der Waals surface area contributed by atoms with Gasteiger partial charge in [-0.15, -0.1) is 0 Å². The van der Waals surface area contributed by atoms with Crippen LogP contribution in [0.2, 0.25) is 0 Å². The average Bonchev–Trinajstić information content (AvgIpc) is 2.28. The van der Waals surface area contributed by atoms with Gasteiger partial charge < -0.3 is 9.47 Å². The zero-order valence-corrected chi connectivity index (χ0v) is 10.8. The van der Waals surface area contributed by atoms with Crippen LogP contribution in [0.3, 0.4) is 0 Å². The van der Waals surface area contributed by atoms with E-state index < -0.39 is 0 Å². The summed E-state index contributed by atoms with van der Waals surface area (Å²) in [5.74, 6) is 1.62. The fraction of sp³-hybridized carbons (Fsp3) is 0.333. The van der Waals surface area contributed by atoms with Crippen molar-refractivity contribution in [2.45, 2.75) is 6.92 Å². The van der Waals surface area contributed by atoms with E-state index in [2.05, 4.69) is 28.9 Å². The fourth-order valence-corrected chi connectivity index (χ4v) is 1.40. The number of allylic oxidation sites excluding steroid dienone is 1. The SMILES string of the molecule is COc1cc(C=C(C)CBr)cc(OC)c1. The van der Waals surface area contributed by atoms with Crippen molar-refractivity contribution in [2.24, 2.45) is 0 Å². The Bertz CT molecular complexity index is 336. The average molecular weight is 271 g/mol. The third kappa shape index (κ3) is 3.59. The molecular weight excluding hydrogens is 256 g/mol. The lowest BCUT2D eigenvalue weighted by Gasteiger charge is -2.06. The van der Waals surface area contributed by atoms with Gasteiger partial charge in [0.05, 0.1) is 14.2 Å². The quantitative estimate of drug-likeness (QED) is 0.780. The van der Waals surface area contributed by atoms with Gasteiger partial charge in [0.25, 0.3) is 0 Å². The van der Waals surface area contributed by atoms with E-state index in [-0.39, 0.29) is 0 Å². The number of halogens is 1. The van der Waals surface area contributed by atoms with E-state index in [9.17, 15) is 0 Å². The highest BCUT2D eigenvalue weighted by atomic mass is 79.9. The molecule has 0 aliphatic heterocycles. The monoisotopic (exact) mass is 270 g/mol. The summed E-state index contributed by atoms with van der Waals surface area (Å²) in [6, 6.07) is 5.82. The zero-order valence-electron chi connectivity index (χ0n) is 9.21. The van der Waals surface area contributed by atoms with Gasteiger partial charge in [-0.1, -0.05) is 27.6 Å². The molecule has 0 radical (unpaired) electrons. The lowest BCUT2D eigenvalue weighted by atomic mass is 10.1. The Morgan fingerprint density at radius 2 is 1.73 bits per heavy atom. The Morgan fingerprint density at radius 1 is 1.20 bits per heavy atom. The molecule has 0 N–H and O–H groups in total. The zero-order chi connectivity index (χ0) is 11.3. The third-order valence-corrected chi connectivity index (χ3v) is 2.88. The lowest BCUT2D eigenvalue weighted by molar-refractivity contribution is 0.394. The predicted octanol–water partition coefficient (Wildman–Crippen LogP) is 3.50. The molecule has 0 heterocycles. The maximum absolute atomic E-state index is 5.19. The van der Waals surface area contributed by atoms with Gasteiger partial charge in [-0.3, -0.25) is 0 Å². The Hall–Kier alpha value is -0.960. The topological polar surface area (TPSA) is 18.5 Å². The predicted molar refractivity (Wildman–Crippen MR) is 67.0 cm³/mol. The van der Waals surface area contributed by atoms with E-state index in [0.717, 1.165) is 22.4 Å². The molecule has 0 spiro atoms. The van der Waals surface area contributed by atoms with Gasteiger partial charge in [-0.2, -0.15) is 0 Å². The Kier molecular flexibility index (Phi) is 4.69. The van der Waals surface area contributed by atoms with Crippen LogP contribution in [0.4, 0.5) is 0 Å². The van der Waals surface area contributed by atoms with Crippen molar-refractivity contribution in [3.63, 3.8) is 0 Å². The number of hydrogen-bond donors (Lipinski definition) is 0. The molecule has 0 saturated carbocycles. The van der Waals surface area contributed by atoms with E-state index >= 15 is 0 Å². The minimum atomic E-state index is 0.808. The molecule has 1 aromatic rings. The van der Waals surface area contributed by atoms with Crippen molar-refractivity contribution in [3.05, 3.63) is 29.3 Å². The van der Waals surface area contributed by atoms with Crippen LogP contribution >= 0.6 is 15.9 Å². The minimum absolute atomic E-state index is 0.808. The standard InChI is InChI=1S/C12H15BrO2/c1-9(8-13)4-10-5-11(14-2)7-12(6-10)15-3/h4-7H,8H2,1-3H3. The number of ether oxygens (including phenoxy) is 2. The van der Waals surface area contributed by atoms with Crippen molar-refractivity contribution in [1.29, 1.82) is 0 Å². The molecule has 0 bridgehead atoms. The van der Waals surface area contributed by atoms with Crippen LogP contribution in [0.1, 0.15) is 12.5 Å². The van der Waals surface area contributed by atoms with Crippen LogP contribution in [0.25, 0.3) is 6.08 Å². The third-order valence-electron chi connectivity index (χ3n) is 2.00. The molecule has 3 heteroatoms. The molecule has 1 rings (SSSR count). The van der Waals surface area contributed by atoms with Crippen molar-refractivity contribution >= 4 is 22.0 Å². The van der Waals surface area contributed by atoms with Crippen LogP contribution in [-0.2, 0) is 0 Å². The van der Waals surface area contributed by atoms with Crippen LogP contribution < -0.4 is 9.47 Å². The van der Waals surface area contributed by atoms with Crippen molar-refractivity contribution in [2.75, 3.05) is 19.5 Å². The second kappa shape index (κ2) is 5.81. The van der Waals surface area contributed by atoms with Gasteiger partial charge in [-0.05, 0) is 24.6 Å². The molecule has 0 atom stereocenters. The second-order valence-corrected chi connectivity index (χ2v) is 3.83. The molecular formula is C12H15BrO2. The van der Waals surface area contributed by atoms with E-state index in [1.807, 2.05) is 18.2 Å². The maximum atomic E-state index is 5.19. The number of rotatable bonds is 4. The molecule has 0 saturated heterocycles. The number of benzene rings is 1. The van der Waals surface area contributed by atoms with Crippen molar-refractivity contribution < 1.29 is 9.47 Å². The van der Waals surface area contributed by atoms with Crippen LogP contribution in [0.15, 0.2) is 23.8 Å². The first-order valence-electron chi connectivity index (χ1n) is 4.65. The Labute approximate surface area is 99.0 Å². The Balaban J connectivity index is 3.07. The van der Waals surface area contributed by atoms with Crippen LogP contribution in [-0.4, -0.2) is 19.5 Å². The summed E-state index contributed by atoms with van der Waals surface area (Å²) in [6.07, 6.45) is 2.10. The second-order valence-electron chi connectivity index (χ2n) is 3.27. The van der Waals surface area contributed by atoms with Gasteiger partial charge in [0, 0.05) is 11.4 Å². The fourth-order valence-electron chi connectivity index (χ4n) is 1.24. The maximum Gasteiger partial charge on any atom is 0.123 e. The molecule has 0 aliphatic rings. The van der Waals surface area contributed by atoms with E-state index in [1.54, 1.807) is 14.2 Å². The summed E-state index contributed by atoms with van der Waals surface area (Å²) in [4.78, 5) is 0. The summed E-state index contributed by atoms with van der Waals surface area (Å²) >= 11 is 3.41. The van der Waals surface area contributed by atoms with Gasteiger partial charge in [0.15, 0.2) is 0 Å². The summed E-state index contributed by atoms with van der Waals surface area (Å²) in [7, 11) is 3.30. The summed E-state index contributed by atoms with van der Waals surface area (Å²) in [5, 5.41) is 0.868. The minimum Gasteiger partial charge on any atom is -0.497 e. The van der Waals surface area contributed by atoms with Gasteiger partial charge >= 0.3 is 0 Å². The first kappa shape index (κ1) is 12.1. The molecule has 82 valence electrons. The van der Waals surface area contributed by atoms with Crippen LogP contribution in [0.5, 0.6) is 11.5 Å². The van der Waals surface area contributed by atoms with Gasteiger partial charge in [-0.25, -0.2) is 0 Å². The van der Waals surface area contributed by atoms with E-state index in [0.29, 0.717) is 0 Å². The molecule has 0 aliphatic carbocycles. The highest BCUT2D eigenvalue weighted by molar-refractivity contribution is 9.09. The molecule has 2 nitrogen and oxygen atoms in total. The number of alkyl halides is 1. The molecule has 0 amide bonds. The largest absolute Gasteiger partial charge is 0.497 e. The molecule has 15 heavy (non-hydrogen) atoms. The normalized spacial score (nSPS) is 11.3. The molecule has 0 fully saturated rings. The van der Waals surface area contributed by atoms with Gasteiger partial charge in [0.1, 0.15) is 11.5 Å². The highest BCUT2D eigenvalue weighted by Crippen LogP contribution is 2.24. The Morgan fingerprint density at radius 3 is 2.13 bits per heavy atom. The highest BCUT2D eigenvalue weighted by Gasteiger charge is 1.99. The molecule has 0 aromatic heterocycles. The van der Waals surface area contributed by atoms with E-state index in [4.69, 9.17) is 9.47 Å². The number of methoxy groups -OCH3 is 2. The number of hydrogen-bond acceptors (Lipinski definition) is 2. The first-order valence-corrected chi connectivity index (χ1v) is 5.78. The van der Waals surface area contributed by atoms with Crippen molar-refractivity contribution in [3.8, 4) is 11.5 Å². The first-order chi connectivity index (χ1) is 7.19. The lowest BCUT2D eigenvalue weighted by Crippen LogP contribution is -1.88. The summed E-state index contributed by atoms with van der Waals surface area (Å²) < 4.78 is 10.4. The van der Waals surface area contributed by atoms with E-state index in [1.165, 1.54) is 5.57 Å². The summed E-state index contributed by atoms with van der Waals surface area (Å²) in [5.41, 5.74) is 2.34. The van der Waals surface area contributed by atoms with Crippen molar-refractivity contribution in [1.82, 2.24) is 0 Å². The summed E-state index contributed by atoms with van der Waals surface area (Å²) in [6.45, 7) is 2.07. The van der Waals surface area contributed by atoms with Crippen LogP contribution in [0, 0.1) is 0 Å². The molecule has 1 aromatic carbocycles. The smallest absolute Gasteiger partial charge is 0.123 e. The van der Waals surface area contributed by atoms with Gasteiger partial charge in [0.2, 0.25) is 0 Å². The molecule has 0 unspecified atom stereocenters.